The summed E-state index contributed by atoms with van der Waals surface area (Å²) >= 11 is 0. The quantitative estimate of drug-likeness (QED) is 0.867. The fraction of sp³-hybridized carbons (Fsp3) is 0.308. The summed E-state index contributed by atoms with van der Waals surface area (Å²) in [4.78, 5) is 15.8. The van der Waals surface area contributed by atoms with Crippen LogP contribution in [-0.4, -0.2) is 21.1 Å². The Bertz CT molecular complexity index is 545. The Hall–Kier alpha value is -2.17. The Morgan fingerprint density at radius 3 is 2.94 bits per heavy atom. The highest BCUT2D eigenvalue weighted by Crippen LogP contribution is 2.35. The molecule has 0 unspecified atom stereocenters. The number of amides is 1. The van der Waals surface area contributed by atoms with E-state index >= 15 is 0 Å². The lowest BCUT2D eigenvalue weighted by Gasteiger charge is -2.23. The molecule has 2 aromatic rings. The number of nitrogens with zero attached hydrogens (tertiary/aromatic N) is 2. The standard InChI is InChI=1S/C13H14N4O/c18-13(10-6-1-2-7-14-10)15-12-8-11(16-17-12)9-4-3-5-9/h1-2,6-9H,3-5H2,(H2,15,16,17,18). The van der Waals surface area contributed by atoms with Gasteiger partial charge in [-0.05, 0) is 25.0 Å². The number of hydrogen-bond acceptors (Lipinski definition) is 3. The van der Waals surface area contributed by atoms with Gasteiger partial charge in [0.25, 0.3) is 5.91 Å². The molecule has 92 valence electrons. The maximum absolute atomic E-state index is 11.8. The summed E-state index contributed by atoms with van der Waals surface area (Å²) in [6.45, 7) is 0. The summed E-state index contributed by atoms with van der Waals surface area (Å²) in [5, 5.41) is 9.82. The van der Waals surface area contributed by atoms with Gasteiger partial charge < -0.3 is 5.32 Å². The molecule has 0 radical (unpaired) electrons. The summed E-state index contributed by atoms with van der Waals surface area (Å²) in [7, 11) is 0. The van der Waals surface area contributed by atoms with Gasteiger partial charge in [-0.3, -0.25) is 14.9 Å². The number of nitrogens with one attached hydrogen (secondary N) is 2. The average Bonchev–Trinajstić information content (AvgIpc) is 2.76. The van der Waals surface area contributed by atoms with Crippen molar-refractivity contribution in [1.29, 1.82) is 0 Å². The molecule has 1 saturated carbocycles. The summed E-state index contributed by atoms with van der Waals surface area (Å²) in [5.74, 6) is 0.910. The summed E-state index contributed by atoms with van der Waals surface area (Å²) < 4.78 is 0. The zero-order valence-electron chi connectivity index (χ0n) is 9.89. The molecule has 0 spiro atoms. The lowest BCUT2D eigenvalue weighted by Crippen LogP contribution is -2.13. The first-order valence-corrected chi connectivity index (χ1v) is 6.10. The van der Waals surface area contributed by atoms with Crippen molar-refractivity contribution in [3.63, 3.8) is 0 Å². The van der Waals surface area contributed by atoms with E-state index in [0.717, 1.165) is 5.69 Å². The molecule has 0 aliphatic heterocycles. The highest BCUT2D eigenvalue weighted by atomic mass is 16.1. The first kappa shape index (κ1) is 11.0. The second-order valence-electron chi connectivity index (χ2n) is 4.51. The lowest BCUT2D eigenvalue weighted by atomic mass is 9.83. The van der Waals surface area contributed by atoms with Crippen LogP contribution in [0.1, 0.15) is 41.4 Å². The van der Waals surface area contributed by atoms with E-state index in [1.165, 1.54) is 19.3 Å². The largest absolute Gasteiger partial charge is 0.304 e. The number of aromatic nitrogens is 3. The smallest absolute Gasteiger partial charge is 0.275 e. The molecule has 3 rings (SSSR count). The Balaban J connectivity index is 1.69. The third kappa shape index (κ3) is 2.11. The van der Waals surface area contributed by atoms with Crippen LogP contribution >= 0.6 is 0 Å². The highest BCUT2D eigenvalue weighted by Gasteiger charge is 2.21. The molecule has 2 N–H and O–H groups in total. The monoisotopic (exact) mass is 242 g/mol. The van der Waals surface area contributed by atoms with Gasteiger partial charge in [-0.15, -0.1) is 0 Å². The highest BCUT2D eigenvalue weighted by molar-refractivity contribution is 6.02. The van der Waals surface area contributed by atoms with Gasteiger partial charge in [0.15, 0.2) is 5.82 Å². The average molecular weight is 242 g/mol. The van der Waals surface area contributed by atoms with E-state index in [1.807, 2.05) is 6.07 Å². The molecule has 1 fully saturated rings. The maximum atomic E-state index is 11.8. The molecule has 0 aromatic carbocycles. The van der Waals surface area contributed by atoms with Crippen LogP contribution < -0.4 is 5.32 Å². The number of pyridine rings is 1. The van der Waals surface area contributed by atoms with Crippen molar-refractivity contribution in [3.8, 4) is 0 Å². The molecule has 2 aromatic heterocycles. The minimum atomic E-state index is -0.234. The number of carbonyl (C=O) groups is 1. The van der Waals surface area contributed by atoms with Crippen LogP contribution in [0.4, 0.5) is 5.82 Å². The van der Waals surface area contributed by atoms with E-state index in [1.54, 1.807) is 24.4 Å². The molecule has 1 amide bonds. The van der Waals surface area contributed by atoms with Gasteiger partial charge in [0.1, 0.15) is 5.69 Å². The first-order valence-electron chi connectivity index (χ1n) is 6.10. The molecular weight excluding hydrogens is 228 g/mol. The maximum Gasteiger partial charge on any atom is 0.275 e. The van der Waals surface area contributed by atoms with E-state index < -0.39 is 0 Å². The van der Waals surface area contributed by atoms with Gasteiger partial charge in [0.2, 0.25) is 0 Å². The minimum Gasteiger partial charge on any atom is -0.304 e. The van der Waals surface area contributed by atoms with Crippen LogP contribution in [0.25, 0.3) is 0 Å². The zero-order valence-corrected chi connectivity index (χ0v) is 9.89. The van der Waals surface area contributed by atoms with Crippen LogP contribution in [0.15, 0.2) is 30.5 Å². The van der Waals surface area contributed by atoms with Crippen LogP contribution in [-0.2, 0) is 0 Å². The summed E-state index contributed by atoms with van der Waals surface area (Å²) in [6, 6.07) is 7.14. The summed E-state index contributed by atoms with van der Waals surface area (Å²) in [6.07, 6.45) is 5.28. The van der Waals surface area contributed by atoms with E-state index in [4.69, 9.17) is 0 Å². The van der Waals surface area contributed by atoms with Crippen molar-refractivity contribution in [2.45, 2.75) is 25.2 Å². The second-order valence-corrected chi connectivity index (χ2v) is 4.51. The van der Waals surface area contributed by atoms with Gasteiger partial charge in [-0.2, -0.15) is 5.10 Å². The van der Waals surface area contributed by atoms with Crippen molar-refractivity contribution < 1.29 is 4.79 Å². The normalized spacial score (nSPS) is 15.1. The molecular formula is C13H14N4O. The molecule has 0 bridgehead atoms. The Morgan fingerprint density at radius 2 is 2.28 bits per heavy atom. The van der Waals surface area contributed by atoms with Gasteiger partial charge in [-0.1, -0.05) is 12.5 Å². The molecule has 1 aliphatic carbocycles. The number of anilines is 1. The van der Waals surface area contributed by atoms with Crippen molar-refractivity contribution in [2.75, 3.05) is 5.32 Å². The lowest BCUT2D eigenvalue weighted by molar-refractivity contribution is 0.102. The van der Waals surface area contributed by atoms with Crippen molar-refractivity contribution >= 4 is 11.7 Å². The molecule has 18 heavy (non-hydrogen) atoms. The molecule has 0 atom stereocenters. The zero-order chi connectivity index (χ0) is 12.4. The minimum absolute atomic E-state index is 0.234. The first-order chi connectivity index (χ1) is 8.83. The van der Waals surface area contributed by atoms with Crippen molar-refractivity contribution in [3.05, 3.63) is 41.9 Å². The fourth-order valence-corrected chi connectivity index (χ4v) is 2.01. The van der Waals surface area contributed by atoms with Gasteiger partial charge >= 0.3 is 0 Å². The molecule has 5 heteroatoms. The van der Waals surface area contributed by atoms with Crippen molar-refractivity contribution in [1.82, 2.24) is 15.2 Å². The number of hydrogen-bond donors (Lipinski definition) is 2. The molecule has 1 aliphatic rings. The SMILES string of the molecule is O=C(Nc1cc(C2CCC2)[nH]n1)c1ccccn1. The Labute approximate surface area is 105 Å². The molecule has 5 nitrogen and oxygen atoms in total. The second kappa shape index (κ2) is 4.60. The van der Waals surface area contributed by atoms with E-state index in [0.29, 0.717) is 17.4 Å². The molecule has 0 saturated heterocycles. The number of rotatable bonds is 3. The van der Waals surface area contributed by atoms with Crippen LogP contribution in [0, 0.1) is 0 Å². The summed E-state index contributed by atoms with van der Waals surface area (Å²) in [5.41, 5.74) is 1.50. The third-order valence-electron chi connectivity index (χ3n) is 3.28. The van der Waals surface area contributed by atoms with Crippen molar-refractivity contribution in [2.24, 2.45) is 0 Å². The predicted molar refractivity (Wildman–Crippen MR) is 67.4 cm³/mol. The van der Waals surface area contributed by atoms with E-state index in [9.17, 15) is 4.79 Å². The third-order valence-corrected chi connectivity index (χ3v) is 3.28. The van der Waals surface area contributed by atoms with Crippen LogP contribution in [0.5, 0.6) is 0 Å². The topological polar surface area (TPSA) is 70.7 Å². The van der Waals surface area contributed by atoms with Crippen LogP contribution in [0.3, 0.4) is 0 Å². The van der Waals surface area contributed by atoms with Crippen LogP contribution in [0.2, 0.25) is 0 Å². The fourth-order valence-electron chi connectivity index (χ4n) is 2.01. The van der Waals surface area contributed by atoms with Gasteiger partial charge in [0, 0.05) is 23.9 Å². The van der Waals surface area contributed by atoms with E-state index in [2.05, 4.69) is 20.5 Å². The Morgan fingerprint density at radius 1 is 1.39 bits per heavy atom. The van der Waals surface area contributed by atoms with Gasteiger partial charge in [-0.25, -0.2) is 0 Å². The number of H-pyrrole nitrogens is 1. The van der Waals surface area contributed by atoms with Gasteiger partial charge in [0.05, 0.1) is 0 Å². The number of aromatic amines is 1. The van der Waals surface area contributed by atoms with E-state index in [-0.39, 0.29) is 5.91 Å². The predicted octanol–water partition coefficient (Wildman–Crippen LogP) is 2.32. The molecule has 2 heterocycles. The number of carbonyl (C=O) groups excluding carboxylic acids is 1. The Kier molecular flexibility index (Phi) is 2.80.